The van der Waals surface area contributed by atoms with Crippen LogP contribution in [0.25, 0.3) is 0 Å². The number of nitrogen functional groups attached to an aromatic ring is 1. The van der Waals surface area contributed by atoms with Gasteiger partial charge in [-0.1, -0.05) is 22.0 Å². The molecule has 0 unspecified atom stereocenters. The predicted molar refractivity (Wildman–Crippen MR) is 74.2 cm³/mol. The van der Waals surface area contributed by atoms with Crippen molar-refractivity contribution in [3.63, 3.8) is 0 Å². The maximum Gasteiger partial charge on any atom is 0.330 e. The highest BCUT2D eigenvalue weighted by molar-refractivity contribution is 9.10. The standard InChI is InChI=1S/C12H13BrN4O2/c1-7(2)18-11-15-10(14)16-12(17-11)19-9-5-3-4-8(13)6-9/h3-7H,1-2H3,(H2,14,15,16,17). The lowest BCUT2D eigenvalue weighted by atomic mass is 10.3. The maximum atomic E-state index is 5.59. The van der Waals surface area contributed by atoms with Gasteiger partial charge in [0.1, 0.15) is 5.75 Å². The summed E-state index contributed by atoms with van der Waals surface area (Å²) in [5, 5.41) is 0. The number of rotatable bonds is 4. The van der Waals surface area contributed by atoms with Gasteiger partial charge in [0.15, 0.2) is 0 Å². The molecule has 0 spiro atoms. The van der Waals surface area contributed by atoms with Crippen LogP contribution < -0.4 is 15.2 Å². The Hall–Kier alpha value is -1.89. The molecule has 0 aliphatic heterocycles. The lowest BCUT2D eigenvalue weighted by molar-refractivity contribution is 0.219. The van der Waals surface area contributed by atoms with Crippen molar-refractivity contribution in [2.24, 2.45) is 0 Å². The van der Waals surface area contributed by atoms with Gasteiger partial charge in [-0.2, -0.15) is 9.97 Å². The molecule has 0 aliphatic carbocycles. The maximum absolute atomic E-state index is 5.59. The van der Waals surface area contributed by atoms with Crippen molar-refractivity contribution in [2.45, 2.75) is 20.0 Å². The van der Waals surface area contributed by atoms with E-state index in [0.29, 0.717) is 5.75 Å². The summed E-state index contributed by atoms with van der Waals surface area (Å²) >= 11 is 3.35. The molecule has 0 fully saturated rings. The van der Waals surface area contributed by atoms with Crippen LogP contribution in [0.5, 0.6) is 17.8 Å². The lowest BCUT2D eigenvalue weighted by Gasteiger charge is -2.09. The van der Waals surface area contributed by atoms with Gasteiger partial charge in [-0.15, -0.1) is 4.98 Å². The van der Waals surface area contributed by atoms with Gasteiger partial charge < -0.3 is 15.2 Å². The molecule has 1 aromatic heterocycles. The minimum Gasteiger partial charge on any atom is -0.461 e. The van der Waals surface area contributed by atoms with E-state index in [0.717, 1.165) is 4.47 Å². The number of anilines is 1. The first-order valence-electron chi connectivity index (χ1n) is 5.64. The average molecular weight is 325 g/mol. The van der Waals surface area contributed by atoms with Crippen LogP contribution in [0.4, 0.5) is 5.95 Å². The topological polar surface area (TPSA) is 83.2 Å². The van der Waals surface area contributed by atoms with Gasteiger partial charge in [0.2, 0.25) is 5.95 Å². The first kappa shape index (κ1) is 13.5. The third-order valence-electron chi connectivity index (χ3n) is 1.96. The van der Waals surface area contributed by atoms with E-state index in [1.165, 1.54) is 0 Å². The van der Waals surface area contributed by atoms with Crippen LogP contribution >= 0.6 is 15.9 Å². The number of nitrogens with two attached hydrogens (primary N) is 1. The molecule has 7 heteroatoms. The van der Waals surface area contributed by atoms with Gasteiger partial charge >= 0.3 is 12.0 Å². The van der Waals surface area contributed by atoms with Crippen LogP contribution in [0.2, 0.25) is 0 Å². The van der Waals surface area contributed by atoms with E-state index in [1.54, 1.807) is 12.1 Å². The van der Waals surface area contributed by atoms with Gasteiger partial charge in [-0.05, 0) is 32.0 Å². The van der Waals surface area contributed by atoms with Crippen molar-refractivity contribution in [2.75, 3.05) is 5.73 Å². The van der Waals surface area contributed by atoms with E-state index in [2.05, 4.69) is 30.9 Å². The largest absolute Gasteiger partial charge is 0.461 e. The number of benzene rings is 1. The highest BCUT2D eigenvalue weighted by atomic mass is 79.9. The minimum absolute atomic E-state index is 0.0515. The summed E-state index contributed by atoms with van der Waals surface area (Å²) in [6.07, 6.45) is -0.0551. The summed E-state index contributed by atoms with van der Waals surface area (Å²) < 4.78 is 11.8. The van der Waals surface area contributed by atoms with Crippen LogP contribution in [0, 0.1) is 0 Å². The van der Waals surface area contributed by atoms with Crippen LogP contribution in [-0.4, -0.2) is 21.1 Å². The lowest BCUT2D eigenvalue weighted by Crippen LogP contribution is -2.10. The van der Waals surface area contributed by atoms with Gasteiger partial charge in [-0.25, -0.2) is 0 Å². The first-order valence-corrected chi connectivity index (χ1v) is 6.44. The molecule has 6 nitrogen and oxygen atoms in total. The van der Waals surface area contributed by atoms with E-state index in [4.69, 9.17) is 15.2 Å². The fourth-order valence-electron chi connectivity index (χ4n) is 1.30. The Morgan fingerprint density at radius 3 is 2.58 bits per heavy atom. The molecule has 0 amide bonds. The Kier molecular flexibility index (Phi) is 4.16. The fourth-order valence-corrected chi connectivity index (χ4v) is 1.68. The molecule has 2 aromatic rings. The van der Waals surface area contributed by atoms with Crippen molar-refractivity contribution >= 4 is 21.9 Å². The zero-order valence-corrected chi connectivity index (χ0v) is 12.1. The van der Waals surface area contributed by atoms with Crippen molar-refractivity contribution < 1.29 is 9.47 Å². The molecule has 0 atom stereocenters. The monoisotopic (exact) mass is 324 g/mol. The van der Waals surface area contributed by atoms with Gasteiger partial charge in [0, 0.05) is 4.47 Å². The molecule has 0 saturated carbocycles. The molecule has 100 valence electrons. The molecule has 0 bridgehead atoms. The third kappa shape index (κ3) is 4.06. The van der Waals surface area contributed by atoms with E-state index < -0.39 is 0 Å². The second-order valence-electron chi connectivity index (χ2n) is 3.98. The van der Waals surface area contributed by atoms with Crippen LogP contribution in [0.1, 0.15) is 13.8 Å². The Bertz CT molecular complexity index is 577. The van der Waals surface area contributed by atoms with Crippen LogP contribution in [0.3, 0.4) is 0 Å². The smallest absolute Gasteiger partial charge is 0.330 e. The predicted octanol–water partition coefficient (Wildman–Crippen LogP) is 2.80. The van der Waals surface area contributed by atoms with E-state index in [1.807, 2.05) is 26.0 Å². The Labute approximate surface area is 119 Å². The van der Waals surface area contributed by atoms with Gasteiger partial charge in [-0.3, -0.25) is 0 Å². The van der Waals surface area contributed by atoms with Gasteiger partial charge in [0.25, 0.3) is 0 Å². The molecule has 1 heterocycles. The SMILES string of the molecule is CC(C)Oc1nc(N)nc(Oc2cccc(Br)c2)n1. The summed E-state index contributed by atoms with van der Waals surface area (Å²) in [5.41, 5.74) is 5.59. The number of hydrogen-bond acceptors (Lipinski definition) is 6. The zero-order valence-electron chi connectivity index (χ0n) is 10.5. The van der Waals surface area contributed by atoms with Crippen LogP contribution in [0.15, 0.2) is 28.7 Å². The first-order chi connectivity index (χ1) is 9.02. The molecule has 2 rings (SSSR count). The number of halogens is 1. The molecule has 0 radical (unpaired) electrons. The quantitative estimate of drug-likeness (QED) is 0.931. The average Bonchev–Trinajstić information content (AvgIpc) is 2.26. The Morgan fingerprint density at radius 1 is 1.16 bits per heavy atom. The van der Waals surface area contributed by atoms with Crippen molar-refractivity contribution in [3.8, 4) is 17.8 Å². The summed E-state index contributed by atoms with van der Waals surface area (Å²) in [6, 6.07) is 7.56. The summed E-state index contributed by atoms with van der Waals surface area (Å²) in [6.45, 7) is 3.74. The molecule has 0 aliphatic rings. The summed E-state index contributed by atoms with van der Waals surface area (Å²) in [4.78, 5) is 11.8. The van der Waals surface area contributed by atoms with Crippen LogP contribution in [-0.2, 0) is 0 Å². The second-order valence-corrected chi connectivity index (χ2v) is 4.90. The van der Waals surface area contributed by atoms with Crippen molar-refractivity contribution in [3.05, 3.63) is 28.7 Å². The molecule has 2 N–H and O–H groups in total. The highest BCUT2D eigenvalue weighted by Crippen LogP contribution is 2.23. The zero-order chi connectivity index (χ0) is 13.8. The van der Waals surface area contributed by atoms with E-state index >= 15 is 0 Å². The van der Waals surface area contributed by atoms with Crippen molar-refractivity contribution in [1.29, 1.82) is 0 Å². The fraction of sp³-hybridized carbons (Fsp3) is 0.250. The molecule has 19 heavy (non-hydrogen) atoms. The number of hydrogen-bond donors (Lipinski definition) is 1. The summed E-state index contributed by atoms with van der Waals surface area (Å²) in [5.74, 6) is 0.645. The van der Waals surface area contributed by atoms with Crippen molar-refractivity contribution in [1.82, 2.24) is 15.0 Å². The minimum atomic E-state index is -0.0551. The molecular formula is C12H13BrN4O2. The highest BCUT2D eigenvalue weighted by Gasteiger charge is 2.09. The molecule has 1 aromatic carbocycles. The third-order valence-corrected chi connectivity index (χ3v) is 2.45. The number of aromatic nitrogens is 3. The second kappa shape index (κ2) is 5.83. The Balaban J connectivity index is 2.22. The van der Waals surface area contributed by atoms with Gasteiger partial charge in [0.05, 0.1) is 6.10 Å². The normalized spacial score (nSPS) is 10.5. The summed E-state index contributed by atoms with van der Waals surface area (Å²) in [7, 11) is 0. The Morgan fingerprint density at radius 2 is 1.89 bits per heavy atom. The van der Waals surface area contributed by atoms with E-state index in [9.17, 15) is 0 Å². The molecule has 0 saturated heterocycles. The van der Waals surface area contributed by atoms with E-state index in [-0.39, 0.29) is 24.1 Å². The number of nitrogens with zero attached hydrogens (tertiary/aromatic N) is 3. The molecular weight excluding hydrogens is 312 g/mol. The number of ether oxygens (including phenoxy) is 2.